The molecule has 1 N–H and O–H groups in total. The zero-order valence-electron chi connectivity index (χ0n) is 17.4. The van der Waals surface area contributed by atoms with Crippen LogP contribution in [0.3, 0.4) is 0 Å². The van der Waals surface area contributed by atoms with E-state index >= 15 is 0 Å². The molecule has 0 radical (unpaired) electrons. The van der Waals surface area contributed by atoms with Crippen molar-refractivity contribution in [3.8, 4) is 5.75 Å². The van der Waals surface area contributed by atoms with Crippen molar-refractivity contribution in [2.24, 2.45) is 0 Å². The Morgan fingerprint density at radius 3 is 2.27 bits per heavy atom. The summed E-state index contributed by atoms with van der Waals surface area (Å²) in [4.78, 5) is 26.9. The summed E-state index contributed by atoms with van der Waals surface area (Å²) in [5, 5.41) is 3.61. The van der Waals surface area contributed by atoms with Crippen LogP contribution in [0.2, 0.25) is 10.0 Å². The summed E-state index contributed by atoms with van der Waals surface area (Å²) in [6.45, 7) is 7.74. The number of carbonyl (C=O) groups excluding carboxylic acids is 2. The highest BCUT2D eigenvalue weighted by atomic mass is 79.9. The summed E-state index contributed by atoms with van der Waals surface area (Å²) >= 11 is 16.1. The highest BCUT2D eigenvalue weighted by molar-refractivity contribution is 9.10. The second kappa shape index (κ2) is 11.0. The standard InChI is InChI=1S/C22H25BrCl2N2O3/c1-5-26-22(29)15(4)27(11-17-18(24)7-6-8-19(17)25)20(28)12-30-16-9-13(2)21(23)14(3)10-16/h6-10,15H,5,11-12H2,1-4H3,(H,26,29)/t15-/m1/s1. The minimum Gasteiger partial charge on any atom is -0.484 e. The highest BCUT2D eigenvalue weighted by Crippen LogP contribution is 2.28. The SMILES string of the molecule is CCNC(=O)[C@@H](C)N(Cc1c(Cl)cccc1Cl)C(=O)COc1cc(C)c(Br)c(C)c1. The van der Waals surface area contributed by atoms with Crippen LogP contribution in [0.4, 0.5) is 0 Å². The van der Waals surface area contributed by atoms with E-state index in [0.717, 1.165) is 15.6 Å². The third-order valence-corrected chi connectivity index (χ3v) is 6.64. The highest BCUT2D eigenvalue weighted by Gasteiger charge is 2.27. The number of benzene rings is 2. The molecule has 2 rings (SSSR count). The Morgan fingerprint density at radius 2 is 1.73 bits per heavy atom. The molecule has 2 amide bonds. The maximum Gasteiger partial charge on any atom is 0.261 e. The van der Waals surface area contributed by atoms with E-state index in [1.54, 1.807) is 25.1 Å². The van der Waals surface area contributed by atoms with Crippen LogP contribution < -0.4 is 10.1 Å². The minimum atomic E-state index is -0.721. The topological polar surface area (TPSA) is 58.6 Å². The molecule has 5 nitrogen and oxygen atoms in total. The molecule has 0 heterocycles. The second-order valence-corrected chi connectivity index (χ2v) is 8.56. The van der Waals surface area contributed by atoms with Gasteiger partial charge in [-0.25, -0.2) is 0 Å². The summed E-state index contributed by atoms with van der Waals surface area (Å²) < 4.78 is 6.74. The number of hydrogen-bond acceptors (Lipinski definition) is 3. The number of carbonyl (C=O) groups is 2. The van der Waals surface area contributed by atoms with Crippen molar-refractivity contribution in [3.05, 3.63) is 61.5 Å². The van der Waals surface area contributed by atoms with E-state index in [4.69, 9.17) is 27.9 Å². The average molecular weight is 516 g/mol. The molecule has 162 valence electrons. The van der Waals surface area contributed by atoms with E-state index in [1.807, 2.05) is 32.9 Å². The molecule has 2 aromatic rings. The van der Waals surface area contributed by atoms with Crippen LogP contribution in [-0.2, 0) is 16.1 Å². The number of rotatable bonds is 8. The molecule has 0 unspecified atom stereocenters. The molecule has 0 saturated carbocycles. The van der Waals surface area contributed by atoms with Gasteiger partial charge >= 0.3 is 0 Å². The molecule has 30 heavy (non-hydrogen) atoms. The largest absolute Gasteiger partial charge is 0.484 e. The van der Waals surface area contributed by atoms with Gasteiger partial charge in [-0.15, -0.1) is 0 Å². The van der Waals surface area contributed by atoms with Crippen LogP contribution >= 0.6 is 39.1 Å². The van der Waals surface area contributed by atoms with Gasteiger partial charge in [-0.05, 0) is 63.1 Å². The smallest absolute Gasteiger partial charge is 0.261 e. The summed E-state index contributed by atoms with van der Waals surface area (Å²) in [5.41, 5.74) is 2.60. The van der Waals surface area contributed by atoms with Gasteiger partial charge in [-0.2, -0.15) is 0 Å². The number of ether oxygens (including phenoxy) is 1. The van der Waals surface area contributed by atoms with Crippen LogP contribution in [0.5, 0.6) is 5.75 Å². The molecule has 0 saturated heterocycles. The Balaban J connectivity index is 2.24. The first kappa shape index (κ1) is 24.5. The number of nitrogens with zero attached hydrogens (tertiary/aromatic N) is 1. The molecule has 8 heteroatoms. The lowest BCUT2D eigenvalue weighted by Gasteiger charge is -2.29. The molecular weight excluding hydrogens is 491 g/mol. The van der Waals surface area contributed by atoms with Gasteiger partial charge in [0.25, 0.3) is 5.91 Å². The van der Waals surface area contributed by atoms with E-state index in [0.29, 0.717) is 27.9 Å². The Morgan fingerprint density at radius 1 is 1.17 bits per heavy atom. The van der Waals surface area contributed by atoms with Gasteiger partial charge in [0.1, 0.15) is 11.8 Å². The van der Waals surface area contributed by atoms with Crippen molar-refractivity contribution < 1.29 is 14.3 Å². The van der Waals surface area contributed by atoms with E-state index in [2.05, 4.69) is 21.2 Å². The van der Waals surface area contributed by atoms with E-state index in [9.17, 15) is 9.59 Å². The predicted octanol–water partition coefficient (Wildman–Crippen LogP) is 5.30. The predicted molar refractivity (Wildman–Crippen MR) is 124 cm³/mol. The quantitative estimate of drug-likeness (QED) is 0.518. The number of amides is 2. The van der Waals surface area contributed by atoms with Gasteiger partial charge in [-0.3, -0.25) is 9.59 Å². The molecule has 0 aliphatic heterocycles. The monoisotopic (exact) mass is 514 g/mol. The Hall–Kier alpha value is -1.76. The summed E-state index contributed by atoms with van der Waals surface area (Å²) in [5.74, 6) is -0.0183. The molecule has 0 bridgehead atoms. The first-order valence-corrected chi connectivity index (χ1v) is 11.1. The zero-order valence-corrected chi connectivity index (χ0v) is 20.5. The van der Waals surface area contributed by atoms with Crippen molar-refractivity contribution in [1.82, 2.24) is 10.2 Å². The Labute approximate surface area is 195 Å². The van der Waals surface area contributed by atoms with Crippen LogP contribution in [0.1, 0.15) is 30.5 Å². The van der Waals surface area contributed by atoms with Gasteiger partial charge in [0.2, 0.25) is 5.91 Å². The van der Waals surface area contributed by atoms with Crippen LogP contribution in [0, 0.1) is 13.8 Å². The summed E-state index contributed by atoms with van der Waals surface area (Å²) in [7, 11) is 0. The molecular formula is C22H25BrCl2N2O3. The van der Waals surface area contributed by atoms with Crippen LogP contribution in [0.25, 0.3) is 0 Å². The van der Waals surface area contributed by atoms with Crippen molar-refractivity contribution in [2.75, 3.05) is 13.2 Å². The van der Waals surface area contributed by atoms with Crippen molar-refractivity contribution in [1.29, 1.82) is 0 Å². The third kappa shape index (κ3) is 6.13. The molecule has 0 spiro atoms. The molecule has 0 fully saturated rings. The maximum atomic E-state index is 13.1. The van der Waals surface area contributed by atoms with Gasteiger partial charge in [0, 0.05) is 33.2 Å². The lowest BCUT2D eigenvalue weighted by molar-refractivity contribution is -0.142. The number of likely N-dealkylation sites (N-methyl/N-ethyl adjacent to an activating group) is 1. The maximum absolute atomic E-state index is 13.1. The lowest BCUT2D eigenvalue weighted by atomic mass is 10.1. The van der Waals surface area contributed by atoms with Crippen molar-refractivity contribution >= 4 is 50.9 Å². The number of aryl methyl sites for hydroxylation is 2. The van der Waals surface area contributed by atoms with Crippen molar-refractivity contribution in [3.63, 3.8) is 0 Å². The third-order valence-electron chi connectivity index (χ3n) is 4.68. The fourth-order valence-corrected chi connectivity index (χ4v) is 3.72. The fraction of sp³-hybridized carbons (Fsp3) is 0.364. The summed E-state index contributed by atoms with van der Waals surface area (Å²) in [6.07, 6.45) is 0. The van der Waals surface area contributed by atoms with E-state index < -0.39 is 6.04 Å². The van der Waals surface area contributed by atoms with E-state index in [-0.39, 0.29) is 25.0 Å². The first-order valence-electron chi connectivity index (χ1n) is 9.55. The Bertz CT molecular complexity index is 893. The van der Waals surface area contributed by atoms with Crippen molar-refractivity contribution in [2.45, 2.75) is 40.3 Å². The first-order chi connectivity index (χ1) is 14.1. The average Bonchev–Trinajstić information content (AvgIpc) is 2.69. The molecule has 0 aliphatic rings. The summed E-state index contributed by atoms with van der Waals surface area (Å²) in [6, 6.07) is 8.12. The van der Waals surface area contributed by atoms with Gasteiger partial charge in [0.05, 0.1) is 0 Å². The second-order valence-electron chi connectivity index (χ2n) is 6.95. The molecule has 1 atom stereocenters. The number of nitrogens with one attached hydrogen (secondary N) is 1. The van der Waals surface area contributed by atoms with Gasteiger partial charge < -0.3 is 15.0 Å². The van der Waals surface area contributed by atoms with Gasteiger partial charge in [0.15, 0.2) is 6.61 Å². The van der Waals surface area contributed by atoms with Crippen LogP contribution in [-0.4, -0.2) is 35.9 Å². The zero-order chi connectivity index (χ0) is 22.4. The van der Waals surface area contributed by atoms with E-state index in [1.165, 1.54) is 4.90 Å². The number of hydrogen-bond donors (Lipinski definition) is 1. The minimum absolute atomic E-state index is 0.0946. The lowest BCUT2D eigenvalue weighted by Crippen LogP contribution is -2.49. The molecule has 0 aliphatic carbocycles. The Kier molecular flexibility index (Phi) is 9.01. The fourth-order valence-electron chi connectivity index (χ4n) is 2.98. The van der Waals surface area contributed by atoms with Gasteiger partial charge in [-0.1, -0.05) is 45.2 Å². The number of halogens is 3. The molecule has 0 aromatic heterocycles. The molecule has 2 aromatic carbocycles. The normalized spacial score (nSPS) is 11.7. The van der Waals surface area contributed by atoms with Crippen LogP contribution in [0.15, 0.2) is 34.8 Å².